The molecule has 1 aromatic carbocycles. The summed E-state index contributed by atoms with van der Waals surface area (Å²) < 4.78 is 1.79. The summed E-state index contributed by atoms with van der Waals surface area (Å²) in [6.45, 7) is 2.19. The van der Waals surface area contributed by atoms with E-state index < -0.39 is 0 Å². The second kappa shape index (κ2) is 6.49. The summed E-state index contributed by atoms with van der Waals surface area (Å²) in [4.78, 5) is 8.74. The Bertz CT molecular complexity index is 675. The Kier molecular flexibility index (Phi) is 4.25. The van der Waals surface area contributed by atoms with Gasteiger partial charge in [0.25, 0.3) is 0 Å². The lowest BCUT2D eigenvalue weighted by atomic mass is 10.2. The molecule has 2 heterocycles. The number of thiazole rings is 1. The molecule has 3 aromatic rings. The second-order valence-electron chi connectivity index (χ2n) is 4.71. The van der Waals surface area contributed by atoms with Crippen molar-refractivity contribution >= 4 is 22.2 Å². The van der Waals surface area contributed by atoms with Crippen LogP contribution in [0.15, 0.2) is 43.0 Å². The zero-order valence-corrected chi connectivity index (χ0v) is 12.7. The molecule has 2 aromatic heterocycles. The van der Waals surface area contributed by atoms with Crippen LogP contribution in [0.5, 0.6) is 0 Å². The van der Waals surface area contributed by atoms with E-state index in [1.807, 2.05) is 30.3 Å². The molecule has 0 atom stereocenters. The molecule has 0 saturated carbocycles. The predicted octanol–water partition coefficient (Wildman–Crippen LogP) is 3.81. The van der Waals surface area contributed by atoms with Crippen molar-refractivity contribution in [2.24, 2.45) is 0 Å². The van der Waals surface area contributed by atoms with E-state index in [1.165, 1.54) is 0 Å². The van der Waals surface area contributed by atoms with Gasteiger partial charge in [0.1, 0.15) is 17.7 Å². The molecule has 0 saturated heterocycles. The molecule has 6 heteroatoms. The van der Waals surface area contributed by atoms with Crippen molar-refractivity contribution in [1.82, 2.24) is 19.7 Å². The normalized spacial score (nSPS) is 10.7. The van der Waals surface area contributed by atoms with Crippen molar-refractivity contribution in [3.63, 3.8) is 0 Å². The molecule has 0 bridgehead atoms. The lowest BCUT2D eigenvalue weighted by Crippen LogP contribution is -1.97. The Labute approximate surface area is 127 Å². The summed E-state index contributed by atoms with van der Waals surface area (Å²) in [5.41, 5.74) is 2.12. The average Bonchev–Trinajstić information content (AvgIpc) is 3.15. The summed E-state index contributed by atoms with van der Waals surface area (Å²) >= 11 is 1.60. The maximum Gasteiger partial charge on any atom is 0.189 e. The lowest BCUT2D eigenvalue weighted by molar-refractivity contribution is 0.767. The van der Waals surface area contributed by atoms with E-state index in [-0.39, 0.29) is 0 Å². The van der Waals surface area contributed by atoms with Gasteiger partial charge in [-0.3, -0.25) is 0 Å². The van der Waals surface area contributed by atoms with Gasteiger partial charge in [0.2, 0.25) is 0 Å². The smallest absolute Gasteiger partial charge is 0.189 e. The molecule has 0 unspecified atom stereocenters. The van der Waals surface area contributed by atoms with Crippen molar-refractivity contribution in [2.45, 2.75) is 26.2 Å². The number of rotatable bonds is 6. The molecule has 0 aliphatic carbocycles. The van der Waals surface area contributed by atoms with Crippen LogP contribution in [0.4, 0.5) is 10.8 Å². The number of benzene rings is 1. The number of aryl methyl sites for hydroxylation is 1. The van der Waals surface area contributed by atoms with Gasteiger partial charge < -0.3 is 5.32 Å². The molecule has 108 valence electrons. The maximum atomic E-state index is 4.72. The summed E-state index contributed by atoms with van der Waals surface area (Å²) in [6, 6.07) is 10.1. The molecule has 0 radical (unpaired) electrons. The first-order valence-corrected chi connectivity index (χ1v) is 7.85. The van der Waals surface area contributed by atoms with Crippen LogP contribution in [-0.4, -0.2) is 19.7 Å². The third-order valence-corrected chi connectivity index (χ3v) is 4.10. The first-order valence-electron chi connectivity index (χ1n) is 7.03. The molecule has 0 amide bonds. The summed E-state index contributed by atoms with van der Waals surface area (Å²) in [5.74, 6) is 0. The quantitative estimate of drug-likeness (QED) is 0.752. The summed E-state index contributed by atoms with van der Waals surface area (Å²) in [6.07, 6.45) is 6.49. The minimum atomic E-state index is 0.887. The van der Waals surface area contributed by atoms with Crippen molar-refractivity contribution in [3.05, 3.63) is 48.7 Å². The van der Waals surface area contributed by atoms with Crippen LogP contribution >= 0.6 is 11.3 Å². The van der Waals surface area contributed by atoms with Crippen LogP contribution in [0.2, 0.25) is 0 Å². The fraction of sp³-hybridized carbons (Fsp3) is 0.267. The van der Waals surface area contributed by atoms with Crippen molar-refractivity contribution in [2.75, 3.05) is 5.32 Å². The standard InChI is InChI=1S/C15H17N5S/c1-2-3-9-13-14(20-11-16-10-17-20)21-15(19-13)18-12-7-5-4-6-8-12/h4-8,10-11H,2-3,9H2,1H3,(H,18,19). The number of unbranched alkanes of at least 4 members (excludes halogenated alkanes) is 1. The van der Waals surface area contributed by atoms with Crippen molar-refractivity contribution < 1.29 is 0 Å². The minimum absolute atomic E-state index is 0.887. The maximum absolute atomic E-state index is 4.72. The van der Waals surface area contributed by atoms with E-state index in [2.05, 4.69) is 22.3 Å². The van der Waals surface area contributed by atoms with Gasteiger partial charge in [0, 0.05) is 5.69 Å². The van der Waals surface area contributed by atoms with Crippen LogP contribution in [-0.2, 0) is 6.42 Å². The van der Waals surface area contributed by atoms with E-state index in [0.29, 0.717) is 0 Å². The SMILES string of the molecule is CCCCc1nc(Nc2ccccc2)sc1-n1cncn1. The van der Waals surface area contributed by atoms with Crippen molar-refractivity contribution in [3.8, 4) is 5.00 Å². The van der Waals surface area contributed by atoms with Crippen LogP contribution in [0.25, 0.3) is 5.00 Å². The second-order valence-corrected chi connectivity index (χ2v) is 5.68. The first-order chi connectivity index (χ1) is 10.4. The third kappa shape index (κ3) is 3.28. The highest BCUT2D eigenvalue weighted by Gasteiger charge is 2.13. The van der Waals surface area contributed by atoms with Crippen LogP contribution in [0.1, 0.15) is 25.5 Å². The molecule has 0 fully saturated rings. The van der Waals surface area contributed by atoms with Gasteiger partial charge in [-0.2, -0.15) is 5.10 Å². The summed E-state index contributed by atoms with van der Waals surface area (Å²) in [5, 5.41) is 9.50. The van der Waals surface area contributed by atoms with Crippen LogP contribution in [0, 0.1) is 0 Å². The zero-order valence-electron chi connectivity index (χ0n) is 11.9. The number of anilines is 2. The Morgan fingerprint density at radius 3 is 2.81 bits per heavy atom. The molecule has 3 rings (SSSR count). The van der Waals surface area contributed by atoms with E-state index in [1.54, 1.807) is 28.7 Å². The highest BCUT2D eigenvalue weighted by molar-refractivity contribution is 7.18. The molecule has 0 aliphatic rings. The monoisotopic (exact) mass is 299 g/mol. The number of aromatic nitrogens is 4. The van der Waals surface area contributed by atoms with Crippen molar-refractivity contribution in [1.29, 1.82) is 0 Å². The molecule has 0 aliphatic heterocycles. The van der Waals surface area contributed by atoms with Gasteiger partial charge in [-0.25, -0.2) is 14.6 Å². The average molecular weight is 299 g/mol. The zero-order chi connectivity index (χ0) is 14.5. The van der Waals surface area contributed by atoms with E-state index in [4.69, 9.17) is 4.98 Å². The highest BCUT2D eigenvalue weighted by Crippen LogP contribution is 2.29. The number of para-hydroxylation sites is 1. The third-order valence-electron chi connectivity index (χ3n) is 3.10. The Balaban J connectivity index is 1.88. The molecule has 5 nitrogen and oxygen atoms in total. The van der Waals surface area contributed by atoms with Gasteiger partial charge in [0.15, 0.2) is 5.13 Å². The van der Waals surface area contributed by atoms with Gasteiger partial charge in [-0.05, 0) is 25.0 Å². The van der Waals surface area contributed by atoms with Crippen LogP contribution < -0.4 is 5.32 Å². The van der Waals surface area contributed by atoms with Gasteiger partial charge in [0.05, 0.1) is 5.69 Å². The van der Waals surface area contributed by atoms with Gasteiger partial charge in [-0.1, -0.05) is 42.9 Å². The fourth-order valence-electron chi connectivity index (χ4n) is 2.04. The van der Waals surface area contributed by atoms with Crippen LogP contribution in [0.3, 0.4) is 0 Å². The van der Waals surface area contributed by atoms with E-state index in [0.717, 1.165) is 40.8 Å². The van der Waals surface area contributed by atoms with E-state index in [9.17, 15) is 0 Å². The predicted molar refractivity (Wildman–Crippen MR) is 85.4 cm³/mol. The lowest BCUT2D eigenvalue weighted by Gasteiger charge is -2.00. The Morgan fingerprint density at radius 2 is 2.10 bits per heavy atom. The van der Waals surface area contributed by atoms with Gasteiger partial charge in [-0.15, -0.1) is 0 Å². The number of hydrogen-bond acceptors (Lipinski definition) is 5. The molecule has 21 heavy (non-hydrogen) atoms. The number of nitrogens with one attached hydrogen (secondary N) is 1. The largest absolute Gasteiger partial charge is 0.331 e. The number of hydrogen-bond donors (Lipinski definition) is 1. The fourth-order valence-corrected chi connectivity index (χ4v) is 3.00. The molecule has 1 N–H and O–H groups in total. The molecular formula is C15H17N5S. The first kappa shape index (κ1) is 13.8. The minimum Gasteiger partial charge on any atom is -0.331 e. The summed E-state index contributed by atoms with van der Waals surface area (Å²) in [7, 11) is 0. The molecular weight excluding hydrogens is 282 g/mol. The highest BCUT2D eigenvalue weighted by atomic mass is 32.1. The molecule has 0 spiro atoms. The van der Waals surface area contributed by atoms with E-state index >= 15 is 0 Å². The number of nitrogens with zero attached hydrogens (tertiary/aromatic N) is 4. The van der Waals surface area contributed by atoms with Gasteiger partial charge >= 0.3 is 0 Å². The topological polar surface area (TPSA) is 55.6 Å². The Morgan fingerprint density at radius 1 is 1.24 bits per heavy atom. The Hall–Kier alpha value is -2.21.